The molecule has 174 valence electrons. The molecule has 0 bridgehead atoms. The fourth-order valence-electron chi connectivity index (χ4n) is 3.42. The van der Waals surface area contributed by atoms with Crippen LogP contribution in [0.2, 0.25) is 0 Å². The van der Waals surface area contributed by atoms with Gasteiger partial charge in [-0.15, -0.1) is 0 Å². The van der Waals surface area contributed by atoms with E-state index in [9.17, 15) is 4.79 Å². The van der Waals surface area contributed by atoms with Gasteiger partial charge in [-0.05, 0) is 80.0 Å². The van der Waals surface area contributed by atoms with Gasteiger partial charge in [-0.1, -0.05) is 0 Å². The molecule has 1 aliphatic heterocycles. The minimum atomic E-state index is -0.531. The van der Waals surface area contributed by atoms with Crippen molar-refractivity contribution in [1.82, 2.24) is 4.90 Å². The summed E-state index contributed by atoms with van der Waals surface area (Å²) >= 11 is 0. The van der Waals surface area contributed by atoms with E-state index >= 15 is 0 Å². The minimum Gasteiger partial charge on any atom is -0.496 e. The van der Waals surface area contributed by atoms with E-state index in [1.807, 2.05) is 79.5 Å². The number of esters is 1. The van der Waals surface area contributed by atoms with E-state index in [0.29, 0.717) is 11.5 Å². The van der Waals surface area contributed by atoms with Crippen molar-refractivity contribution in [2.24, 2.45) is 0 Å². The summed E-state index contributed by atoms with van der Waals surface area (Å²) in [6.07, 6.45) is 0. The van der Waals surface area contributed by atoms with Gasteiger partial charge in [-0.25, -0.2) is 0 Å². The van der Waals surface area contributed by atoms with Gasteiger partial charge in [0.2, 0.25) is 0 Å². The molecule has 1 aromatic carbocycles. The molecule has 1 heterocycles. The summed E-state index contributed by atoms with van der Waals surface area (Å²) in [5.41, 5.74) is 0.241. The summed E-state index contributed by atoms with van der Waals surface area (Å²) in [6.45, 7) is 15.8. The van der Waals surface area contributed by atoms with Crippen molar-refractivity contribution in [3.05, 3.63) is 17.7 Å². The zero-order valence-corrected chi connectivity index (χ0v) is 20.9. The molecule has 0 amide bonds. The SMILES string of the molecule is COc1cc(B2OC(C)(C)C(C)(C)O2)cc(OC)c1C(C)N(C)CC(=O)OC(C)(C)C. The van der Waals surface area contributed by atoms with Crippen LogP contribution in [-0.2, 0) is 18.8 Å². The standard InChI is InChI=1S/C23H38BNO6/c1-15(25(9)14-19(26)29-21(2,3)4)20-17(27-10)12-16(13-18(20)28-11)24-30-22(5,6)23(7,8)31-24/h12-13,15H,14H2,1-11H3. The van der Waals surface area contributed by atoms with Crippen LogP contribution in [0.5, 0.6) is 11.5 Å². The molecule has 2 rings (SSSR count). The first-order valence-corrected chi connectivity index (χ1v) is 10.7. The van der Waals surface area contributed by atoms with Crippen molar-refractivity contribution in [2.45, 2.75) is 78.2 Å². The fourth-order valence-corrected chi connectivity index (χ4v) is 3.42. The smallest absolute Gasteiger partial charge is 0.495 e. The van der Waals surface area contributed by atoms with Crippen LogP contribution in [0.1, 0.15) is 67.0 Å². The van der Waals surface area contributed by atoms with Gasteiger partial charge in [0.15, 0.2) is 0 Å². The molecule has 1 fully saturated rings. The van der Waals surface area contributed by atoms with Crippen molar-refractivity contribution in [3.63, 3.8) is 0 Å². The highest BCUT2D eigenvalue weighted by Gasteiger charge is 2.52. The molecule has 0 radical (unpaired) electrons. The molecule has 0 aromatic heterocycles. The minimum absolute atomic E-state index is 0.143. The second-order valence-corrected chi connectivity index (χ2v) is 10.1. The number of ether oxygens (including phenoxy) is 3. The molecule has 1 aliphatic rings. The van der Waals surface area contributed by atoms with Crippen LogP contribution in [-0.4, -0.2) is 62.6 Å². The second kappa shape index (κ2) is 9.00. The lowest BCUT2D eigenvalue weighted by atomic mass is 9.78. The maximum absolute atomic E-state index is 12.3. The molecule has 0 saturated carbocycles. The average molecular weight is 435 g/mol. The van der Waals surface area contributed by atoms with Crippen LogP contribution in [0, 0.1) is 0 Å². The van der Waals surface area contributed by atoms with Crippen molar-refractivity contribution in [2.75, 3.05) is 27.8 Å². The van der Waals surface area contributed by atoms with Crippen LogP contribution in [0.3, 0.4) is 0 Å². The first-order valence-electron chi connectivity index (χ1n) is 10.7. The number of hydrogen-bond acceptors (Lipinski definition) is 7. The molecule has 0 N–H and O–H groups in total. The van der Waals surface area contributed by atoms with E-state index < -0.39 is 23.9 Å². The average Bonchev–Trinajstić information content (AvgIpc) is 2.85. The zero-order valence-electron chi connectivity index (χ0n) is 20.9. The molecular formula is C23H38BNO6. The predicted molar refractivity (Wildman–Crippen MR) is 122 cm³/mol. The molecule has 0 spiro atoms. The Balaban J connectivity index is 2.33. The van der Waals surface area contributed by atoms with E-state index in [1.165, 1.54) is 0 Å². The molecule has 1 aromatic rings. The lowest BCUT2D eigenvalue weighted by Crippen LogP contribution is -2.41. The molecule has 1 saturated heterocycles. The molecule has 1 unspecified atom stereocenters. The van der Waals surface area contributed by atoms with Gasteiger partial charge >= 0.3 is 13.1 Å². The summed E-state index contributed by atoms with van der Waals surface area (Å²) < 4.78 is 29.3. The molecule has 0 aliphatic carbocycles. The third kappa shape index (κ3) is 5.73. The Kier molecular flexibility index (Phi) is 7.40. The largest absolute Gasteiger partial charge is 0.496 e. The first kappa shape index (κ1) is 25.5. The first-order chi connectivity index (χ1) is 14.1. The normalized spacial score (nSPS) is 18.8. The predicted octanol–water partition coefficient (Wildman–Crippen LogP) is 3.34. The number of likely N-dealkylation sites (N-methyl/N-ethyl adjacent to an activating group) is 1. The van der Waals surface area contributed by atoms with Gasteiger partial charge in [0, 0.05) is 6.04 Å². The van der Waals surface area contributed by atoms with E-state index in [4.69, 9.17) is 23.5 Å². The summed E-state index contributed by atoms with van der Waals surface area (Å²) in [5.74, 6) is 1.01. The second-order valence-electron chi connectivity index (χ2n) is 10.1. The van der Waals surface area contributed by atoms with Crippen LogP contribution in [0.4, 0.5) is 0 Å². The number of carbonyl (C=O) groups excluding carboxylic acids is 1. The lowest BCUT2D eigenvalue weighted by Gasteiger charge is -2.32. The number of hydrogen-bond donors (Lipinski definition) is 0. The van der Waals surface area contributed by atoms with Gasteiger partial charge in [0.05, 0.1) is 37.5 Å². The van der Waals surface area contributed by atoms with Gasteiger partial charge in [-0.3, -0.25) is 9.69 Å². The van der Waals surface area contributed by atoms with Crippen molar-refractivity contribution >= 4 is 18.6 Å². The molecule has 7 nitrogen and oxygen atoms in total. The van der Waals surface area contributed by atoms with E-state index in [2.05, 4.69) is 0 Å². The Morgan fingerprint density at radius 2 is 1.52 bits per heavy atom. The van der Waals surface area contributed by atoms with Crippen molar-refractivity contribution in [3.8, 4) is 11.5 Å². The van der Waals surface area contributed by atoms with E-state index in [1.54, 1.807) is 14.2 Å². The monoisotopic (exact) mass is 435 g/mol. The van der Waals surface area contributed by atoms with E-state index in [-0.39, 0.29) is 18.6 Å². The topological polar surface area (TPSA) is 66.5 Å². The van der Waals surface area contributed by atoms with E-state index in [0.717, 1.165) is 11.0 Å². The van der Waals surface area contributed by atoms with Gasteiger partial charge in [-0.2, -0.15) is 0 Å². The quantitative estimate of drug-likeness (QED) is 0.481. The summed E-state index contributed by atoms with van der Waals surface area (Å²) in [7, 11) is 4.58. The highest BCUT2D eigenvalue weighted by molar-refractivity contribution is 6.62. The summed E-state index contributed by atoms with van der Waals surface area (Å²) in [6, 6.07) is 3.67. The zero-order chi connectivity index (χ0) is 23.8. The third-order valence-electron chi connectivity index (χ3n) is 5.97. The Bertz CT molecular complexity index is 761. The molecular weight excluding hydrogens is 397 g/mol. The molecule has 1 atom stereocenters. The van der Waals surface area contributed by atoms with Crippen LogP contribution < -0.4 is 14.9 Å². The number of nitrogens with zero attached hydrogens (tertiary/aromatic N) is 1. The van der Waals surface area contributed by atoms with Gasteiger partial charge in [0.25, 0.3) is 0 Å². The Morgan fingerprint density at radius 1 is 1.06 bits per heavy atom. The highest BCUT2D eigenvalue weighted by Crippen LogP contribution is 2.39. The molecule has 8 heteroatoms. The van der Waals surface area contributed by atoms with Gasteiger partial charge in [0.1, 0.15) is 17.1 Å². The summed E-state index contributed by atoms with van der Waals surface area (Å²) in [5, 5.41) is 0. The Hall–Kier alpha value is -1.77. The Labute approximate surface area is 187 Å². The van der Waals surface area contributed by atoms with Crippen molar-refractivity contribution < 1.29 is 28.3 Å². The number of methoxy groups -OCH3 is 2. The van der Waals surface area contributed by atoms with Gasteiger partial charge < -0.3 is 23.5 Å². The number of benzene rings is 1. The van der Waals surface area contributed by atoms with Crippen LogP contribution >= 0.6 is 0 Å². The third-order valence-corrected chi connectivity index (χ3v) is 5.97. The highest BCUT2D eigenvalue weighted by atomic mass is 16.7. The maximum Gasteiger partial charge on any atom is 0.495 e. The Morgan fingerprint density at radius 3 is 1.90 bits per heavy atom. The number of carbonyl (C=O) groups is 1. The van der Waals surface area contributed by atoms with Crippen molar-refractivity contribution in [1.29, 1.82) is 0 Å². The fraction of sp³-hybridized carbons (Fsp3) is 0.696. The van der Waals surface area contributed by atoms with Crippen LogP contribution in [0.25, 0.3) is 0 Å². The van der Waals surface area contributed by atoms with Crippen LogP contribution in [0.15, 0.2) is 12.1 Å². The summed E-state index contributed by atoms with van der Waals surface area (Å²) in [4.78, 5) is 14.2. The number of rotatable bonds is 7. The molecule has 31 heavy (non-hydrogen) atoms. The maximum atomic E-state index is 12.3. The lowest BCUT2D eigenvalue weighted by molar-refractivity contribution is -0.156.